The molecule has 0 unspecified atom stereocenters. The molecule has 1 aliphatic rings. The van der Waals surface area contributed by atoms with E-state index in [-0.39, 0.29) is 12.5 Å². The first-order valence-corrected chi connectivity index (χ1v) is 5.53. The summed E-state index contributed by atoms with van der Waals surface area (Å²) >= 11 is 0. The van der Waals surface area contributed by atoms with Crippen molar-refractivity contribution < 1.29 is 14.7 Å². The molecule has 0 saturated carbocycles. The maximum atomic E-state index is 12.0. The number of nitrogens with zero attached hydrogens (tertiary/aromatic N) is 2. The van der Waals surface area contributed by atoms with Crippen LogP contribution in [0.2, 0.25) is 0 Å². The number of carboxylic acid groups (broad SMARTS) is 1. The largest absolute Gasteiger partial charge is 0.481 e. The average Bonchev–Trinajstić information content (AvgIpc) is 2.77. The van der Waals surface area contributed by atoms with Crippen LogP contribution in [0, 0.1) is 12.8 Å². The third-order valence-electron chi connectivity index (χ3n) is 2.93. The number of aryl methyl sites for hydroxylation is 1. The van der Waals surface area contributed by atoms with E-state index in [0.717, 1.165) is 5.69 Å². The van der Waals surface area contributed by atoms with Gasteiger partial charge in [-0.15, -0.1) is 0 Å². The van der Waals surface area contributed by atoms with Gasteiger partial charge in [0.05, 0.1) is 5.92 Å². The number of aromatic nitrogens is 1. The van der Waals surface area contributed by atoms with Crippen molar-refractivity contribution in [2.75, 3.05) is 13.1 Å². The first kappa shape index (κ1) is 11.6. The number of pyridine rings is 1. The van der Waals surface area contributed by atoms with Crippen LogP contribution in [-0.4, -0.2) is 40.0 Å². The molecule has 1 fully saturated rings. The number of hydrogen-bond acceptors (Lipinski definition) is 3. The second-order valence-electron chi connectivity index (χ2n) is 4.24. The Hall–Kier alpha value is -1.91. The minimum Gasteiger partial charge on any atom is -0.481 e. The summed E-state index contributed by atoms with van der Waals surface area (Å²) in [5.41, 5.74) is 1.17. The predicted molar refractivity (Wildman–Crippen MR) is 60.6 cm³/mol. The van der Waals surface area contributed by atoms with Crippen molar-refractivity contribution in [2.45, 2.75) is 13.3 Å². The number of aliphatic carboxylic acids is 1. The molecule has 0 spiro atoms. The van der Waals surface area contributed by atoms with Crippen LogP contribution in [0.3, 0.4) is 0 Å². The van der Waals surface area contributed by atoms with Crippen molar-refractivity contribution in [1.29, 1.82) is 0 Å². The lowest BCUT2D eigenvalue weighted by Crippen LogP contribution is -2.30. The molecule has 0 radical (unpaired) electrons. The summed E-state index contributed by atoms with van der Waals surface area (Å²) in [6.45, 7) is 2.59. The van der Waals surface area contributed by atoms with Gasteiger partial charge in [0.1, 0.15) is 5.69 Å². The Morgan fingerprint density at radius 1 is 1.47 bits per heavy atom. The first-order valence-electron chi connectivity index (χ1n) is 5.53. The summed E-state index contributed by atoms with van der Waals surface area (Å²) in [6, 6.07) is 5.25. The molecule has 90 valence electrons. The lowest BCUT2D eigenvalue weighted by Gasteiger charge is -2.15. The third-order valence-corrected chi connectivity index (χ3v) is 2.93. The highest BCUT2D eigenvalue weighted by Crippen LogP contribution is 2.18. The highest BCUT2D eigenvalue weighted by molar-refractivity contribution is 5.93. The molecular formula is C12H14N2O3. The molecule has 1 N–H and O–H groups in total. The van der Waals surface area contributed by atoms with Gasteiger partial charge in [-0.3, -0.25) is 9.59 Å². The van der Waals surface area contributed by atoms with Crippen molar-refractivity contribution in [1.82, 2.24) is 9.88 Å². The zero-order valence-electron chi connectivity index (χ0n) is 9.59. The first-order chi connectivity index (χ1) is 8.08. The van der Waals surface area contributed by atoms with Gasteiger partial charge in [-0.2, -0.15) is 0 Å². The van der Waals surface area contributed by atoms with E-state index >= 15 is 0 Å². The third kappa shape index (κ3) is 2.43. The van der Waals surface area contributed by atoms with Gasteiger partial charge in [-0.05, 0) is 25.5 Å². The second kappa shape index (κ2) is 4.53. The van der Waals surface area contributed by atoms with Crippen molar-refractivity contribution >= 4 is 11.9 Å². The zero-order valence-corrected chi connectivity index (χ0v) is 9.59. The minimum absolute atomic E-state index is 0.183. The fourth-order valence-corrected chi connectivity index (χ4v) is 1.97. The normalized spacial score (nSPS) is 19.4. The molecule has 2 rings (SSSR count). The average molecular weight is 234 g/mol. The minimum atomic E-state index is -0.836. The lowest BCUT2D eigenvalue weighted by atomic mass is 10.1. The number of rotatable bonds is 2. The summed E-state index contributed by atoms with van der Waals surface area (Å²) in [4.78, 5) is 28.5. The molecule has 0 aromatic carbocycles. The summed E-state index contributed by atoms with van der Waals surface area (Å²) in [5.74, 6) is -1.46. The van der Waals surface area contributed by atoms with Crippen LogP contribution in [0.4, 0.5) is 0 Å². The van der Waals surface area contributed by atoms with Gasteiger partial charge in [0, 0.05) is 18.8 Å². The van der Waals surface area contributed by atoms with Crippen LogP contribution < -0.4 is 0 Å². The van der Waals surface area contributed by atoms with Gasteiger partial charge in [0.15, 0.2) is 0 Å². The van der Waals surface area contributed by atoms with Crippen molar-refractivity contribution in [3.63, 3.8) is 0 Å². The van der Waals surface area contributed by atoms with E-state index in [1.165, 1.54) is 0 Å². The SMILES string of the molecule is Cc1cccc(C(=O)N2CC[C@@H](C(=O)O)C2)n1. The molecule has 1 aliphatic heterocycles. The molecule has 5 nitrogen and oxygen atoms in total. The van der Waals surface area contributed by atoms with Crippen LogP contribution in [0.15, 0.2) is 18.2 Å². The Morgan fingerprint density at radius 3 is 2.82 bits per heavy atom. The van der Waals surface area contributed by atoms with Gasteiger partial charge in [0.25, 0.3) is 5.91 Å². The maximum Gasteiger partial charge on any atom is 0.308 e. The van der Waals surface area contributed by atoms with Crippen molar-refractivity contribution in [2.24, 2.45) is 5.92 Å². The molecule has 1 atom stereocenters. The van der Waals surface area contributed by atoms with E-state index in [9.17, 15) is 9.59 Å². The molecule has 17 heavy (non-hydrogen) atoms. The topological polar surface area (TPSA) is 70.5 Å². The Morgan fingerprint density at radius 2 is 2.24 bits per heavy atom. The Labute approximate surface area is 99.1 Å². The molecule has 1 aromatic heterocycles. The molecule has 1 aromatic rings. The van der Waals surface area contributed by atoms with E-state index in [0.29, 0.717) is 18.7 Å². The van der Waals surface area contributed by atoms with Gasteiger partial charge in [-0.25, -0.2) is 4.98 Å². The van der Waals surface area contributed by atoms with Crippen LogP contribution >= 0.6 is 0 Å². The molecular weight excluding hydrogens is 220 g/mol. The maximum absolute atomic E-state index is 12.0. The standard InChI is InChI=1S/C12H14N2O3/c1-8-3-2-4-10(13-8)11(15)14-6-5-9(7-14)12(16)17/h2-4,9H,5-7H2,1H3,(H,16,17)/t9-/m1/s1. The quantitative estimate of drug-likeness (QED) is 0.826. The fraction of sp³-hybridized carbons (Fsp3) is 0.417. The van der Waals surface area contributed by atoms with Crippen LogP contribution in [0.5, 0.6) is 0 Å². The molecule has 0 aliphatic carbocycles. The smallest absolute Gasteiger partial charge is 0.308 e. The van der Waals surface area contributed by atoms with Crippen LogP contribution in [0.1, 0.15) is 22.6 Å². The van der Waals surface area contributed by atoms with E-state index in [1.807, 2.05) is 13.0 Å². The zero-order chi connectivity index (χ0) is 12.4. The summed E-state index contributed by atoms with van der Waals surface area (Å²) in [5, 5.41) is 8.87. The van der Waals surface area contributed by atoms with Crippen LogP contribution in [0.25, 0.3) is 0 Å². The summed E-state index contributed by atoms with van der Waals surface area (Å²) < 4.78 is 0. The number of likely N-dealkylation sites (tertiary alicyclic amines) is 1. The predicted octanol–water partition coefficient (Wildman–Crippen LogP) is 0.937. The van der Waals surface area contributed by atoms with Gasteiger partial charge in [-0.1, -0.05) is 6.07 Å². The number of amides is 1. The monoisotopic (exact) mass is 234 g/mol. The van der Waals surface area contributed by atoms with Gasteiger partial charge < -0.3 is 10.0 Å². The fourth-order valence-electron chi connectivity index (χ4n) is 1.97. The second-order valence-corrected chi connectivity index (χ2v) is 4.24. The molecule has 1 saturated heterocycles. The Kier molecular flexibility index (Phi) is 3.08. The van der Waals surface area contributed by atoms with Gasteiger partial charge >= 0.3 is 5.97 Å². The summed E-state index contributed by atoms with van der Waals surface area (Å²) in [7, 11) is 0. The van der Waals surface area contributed by atoms with E-state index in [1.54, 1.807) is 17.0 Å². The molecule has 1 amide bonds. The highest BCUT2D eigenvalue weighted by Gasteiger charge is 2.31. The Balaban J connectivity index is 2.09. The number of carbonyl (C=O) groups is 2. The molecule has 5 heteroatoms. The number of carbonyl (C=O) groups excluding carboxylic acids is 1. The number of hydrogen-bond donors (Lipinski definition) is 1. The molecule has 2 heterocycles. The van der Waals surface area contributed by atoms with Crippen molar-refractivity contribution in [3.05, 3.63) is 29.6 Å². The Bertz CT molecular complexity index is 459. The van der Waals surface area contributed by atoms with Gasteiger partial charge in [0.2, 0.25) is 0 Å². The highest BCUT2D eigenvalue weighted by atomic mass is 16.4. The molecule has 0 bridgehead atoms. The van der Waals surface area contributed by atoms with E-state index in [4.69, 9.17) is 5.11 Å². The summed E-state index contributed by atoms with van der Waals surface area (Å²) in [6.07, 6.45) is 0.521. The van der Waals surface area contributed by atoms with E-state index in [2.05, 4.69) is 4.98 Å². The number of carboxylic acids is 1. The lowest BCUT2D eigenvalue weighted by molar-refractivity contribution is -0.141. The van der Waals surface area contributed by atoms with Crippen molar-refractivity contribution in [3.8, 4) is 0 Å². The van der Waals surface area contributed by atoms with E-state index < -0.39 is 11.9 Å². The van der Waals surface area contributed by atoms with Crippen LogP contribution in [-0.2, 0) is 4.79 Å².